The fourth-order valence-electron chi connectivity index (χ4n) is 5.45. The van der Waals surface area contributed by atoms with Crippen molar-refractivity contribution in [2.45, 2.75) is 57.3 Å². The van der Waals surface area contributed by atoms with E-state index in [1.54, 1.807) is 6.08 Å². The number of allylic oxidation sites excluding steroid dienone is 2. The summed E-state index contributed by atoms with van der Waals surface area (Å²) in [5.41, 5.74) is -1.88. The molecule has 0 spiro atoms. The molecule has 0 amide bonds. The Balaban J connectivity index is 1.95. The van der Waals surface area contributed by atoms with Crippen molar-refractivity contribution >= 4 is 5.97 Å². The molecule has 0 aromatic heterocycles. The SMILES string of the molecule is C=C1CCC2C(C)(CO)C(O)CCC2(C)C1C=CC1(O)C(=O)OCC1O. The molecule has 3 aliphatic rings. The van der Waals surface area contributed by atoms with Crippen LogP contribution in [-0.4, -0.2) is 57.4 Å². The van der Waals surface area contributed by atoms with Crippen molar-refractivity contribution in [3.8, 4) is 0 Å². The number of fused-ring (bicyclic) bond motifs is 1. The maximum absolute atomic E-state index is 11.8. The molecule has 2 saturated carbocycles. The molecular formula is C20H30O6. The molecule has 1 heterocycles. The summed E-state index contributed by atoms with van der Waals surface area (Å²) in [4.78, 5) is 11.8. The number of rotatable bonds is 3. The lowest BCUT2D eigenvalue weighted by Crippen LogP contribution is -2.57. The average molecular weight is 366 g/mol. The summed E-state index contributed by atoms with van der Waals surface area (Å²) in [7, 11) is 0. The van der Waals surface area contributed by atoms with Gasteiger partial charge in [-0.25, -0.2) is 4.79 Å². The van der Waals surface area contributed by atoms with Gasteiger partial charge in [0.2, 0.25) is 5.60 Å². The number of ether oxygens (including phenoxy) is 1. The molecule has 6 heteroatoms. The first-order chi connectivity index (χ1) is 12.1. The first-order valence-electron chi connectivity index (χ1n) is 9.33. The standard InChI is InChI=1S/C20H30O6/c1-12-4-5-14-18(2,8-7-15(22)19(14,3)11-21)13(12)6-9-20(25)16(23)10-26-17(20)24/h6,9,13-16,21-23,25H,1,4-5,7-8,10-11H2,2-3H3. The average Bonchev–Trinajstić information content (AvgIpc) is 2.85. The van der Waals surface area contributed by atoms with Gasteiger partial charge in [0, 0.05) is 11.3 Å². The van der Waals surface area contributed by atoms with Gasteiger partial charge in [-0.1, -0.05) is 32.1 Å². The van der Waals surface area contributed by atoms with Crippen LogP contribution in [0, 0.1) is 22.7 Å². The minimum Gasteiger partial charge on any atom is -0.460 e. The third kappa shape index (κ3) is 2.66. The summed E-state index contributed by atoms with van der Waals surface area (Å²) in [5.74, 6) is -0.883. The molecule has 146 valence electrons. The molecule has 0 aromatic rings. The highest BCUT2D eigenvalue weighted by Gasteiger charge is 2.57. The van der Waals surface area contributed by atoms with Crippen molar-refractivity contribution in [3.63, 3.8) is 0 Å². The predicted molar refractivity (Wildman–Crippen MR) is 95.0 cm³/mol. The van der Waals surface area contributed by atoms with Gasteiger partial charge in [0.05, 0.1) is 12.7 Å². The zero-order valence-corrected chi connectivity index (χ0v) is 15.5. The van der Waals surface area contributed by atoms with Crippen LogP contribution < -0.4 is 0 Å². The van der Waals surface area contributed by atoms with E-state index in [2.05, 4.69) is 13.5 Å². The summed E-state index contributed by atoms with van der Waals surface area (Å²) in [5, 5.41) is 40.9. The third-order valence-corrected chi connectivity index (χ3v) is 7.30. The van der Waals surface area contributed by atoms with Gasteiger partial charge < -0.3 is 25.2 Å². The molecule has 3 rings (SSSR count). The Bertz CT molecular complexity index is 630. The molecule has 0 bridgehead atoms. The van der Waals surface area contributed by atoms with E-state index >= 15 is 0 Å². The summed E-state index contributed by atoms with van der Waals surface area (Å²) >= 11 is 0. The highest BCUT2D eigenvalue weighted by molar-refractivity contribution is 5.84. The topological polar surface area (TPSA) is 107 Å². The number of hydrogen-bond donors (Lipinski definition) is 4. The second kappa shape index (κ2) is 6.44. The number of hydrogen-bond acceptors (Lipinski definition) is 6. The number of carbonyl (C=O) groups excluding carboxylic acids is 1. The Morgan fingerprint density at radius 2 is 1.96 bits per heavy atom. The second-order valence-electron chi connectivity index (χ2n) is 8.75. The molecule has 26 heavy (non-hydrogen) atoms. The highest BCUT2D eigenvalue weighted by Crippen LogP contribution is 2.61. The lowest BCUT2D eigenvalue weighted by atomic mass is 9.46. The van der Waals surface area contributed by atoms with Crippen molar-refractivity contribution in [2.75, 3.05) is 13.2 Å². The predicted octanol–water partition coefficient (Wildman–Crippen LogP) is 0.933. The maximum Gasteiger partial charge on any atom is 0.345 e. The minimum atomic E-state index is -2.03. The van der Waals surface area contributed by atoms with Gasteiger partial charge in [-0.15, -0.1) is 0 Å². The quantitative estimate of drug-likeness (QED) is 0.437. The van der Waals surface area contributed by atoms with Crippen LogP contribution in [0.15, 0.2) is 24.3 Å². The second-order valence-corrected chi connectivity index (χ2v) is 8.75. The van der Waals surface area contributed by atoms with Crippen LogP contribution in [0.25, 0.3) is 0 Å². The van der Waals surface area contributed by atoms with Crippen LogP contribution in [0.3, 0.4) is 0 Å². The molecule has 4 N–H and O–H groups in total. The van der Waals surface area contributed by atoms with E-state index < -0.39 is 29.2 Å². The van der Waals surface area contributed by atoms with E-state index in [4.69, 9.17) is 4.74 Å². The lowest BCUT2D eigenvalue weighted by molar-refractivity contribution is -0.151. The van der Waals surface area contributed by atoms with E-state index in [9.17, 15) is 25.2 Å². The highest BCUT2D eigenvalue weighted by atomic mass is 16.6. The van der Waals surface area contributed by atoms with Crippen LogP contribution in [0.1, 0.15) is 39.5 Å². The van der Waals surface area contributed by atoms with Crippen LogP contribution >= 0.6 is 0 Å². The smallest absolute Gasteiger partial charge is 0.345 e. The summed E-state index contributed by atoms with van der Waals surface area (Å²) in [6.07, 6.45) is 4.19. The number of cyclic esters (lactones) is 1. The van der Waals surface area contributed by atoms with Crippen LogP contribution in [-0.2, 0) is 9.53 Å². The van der Waals surface area contributed by atoms with Crippen LogP contribution in [0.2, 0.25) is 0 Å². The summed E-state index contributed by atoms with van der Waals surface area (Å²) in [6, 6.07) is 0. The van der Waals surface area contributed by atoms with E-state index in [1.807, 2.05) is 6.92 Å². The number of aliphatic hydroxyl groups excluding tert-OH is 3. The van der Waals surface area contributed by atoms with Crippen LogP contribution in [0.4, 0.5) is 0 Å². The van der Waals surface area contributed by atoms with Gasteiger partial charge in [-0.3, -0.25) is 0 Å². The molecule has 1 aliphatic heterocycles. The lowest BCUT2D eigenvalue weighted by Gasteiger charge is -2.59. The molecule has 1 saturated heterocycles. The first-order valence-corrected chi connectivity index (χ1v) is 9.33. The number of aliphatic hydroxyl groups is 4. The zero-order chi connectivity index (χ0) is 19.3. The van der Waals surface area contributed by atoms with E-state index in [0.29, 0.717) is 6.42 Å². The van der Waals surface area contributed by atoms with E-state index in [0.717, 1.165) is 24.8 Å². The van der Waals surface area contributed by atoms with Crippen molar-refractivity contribution < 1.29 is 30.0 Å². The van der Waals surface area contributed by atoms with Gasteiger partial charge >= 0.3 is 5.97 Å². The fraction of sp³-hybridized carbons (Fsp3) is 0.750. The van der Waals surface area contributed by atoms with E-state index in [1.165, 1.54) is 6.08 Å². The normalized spacial score (nSPS) is 49.3. The molecule has 0 aromatic carbocycles. The van der Waals surface area contributed by atoms with Gasteiger partial charge in [0.1, 0.15) is 12.7 Å². The first kappa shape index (κ1) is 19.5. The Hall–Kier alpha value is -1.21. The molecule has 0 radical (unpaired) electrons. The summed E-state index contributed by atoms with van der Waals surface area (Å²) < 4.78 is 4.77. The van der Waals surface area contributed by atoms with Gasteiger partial charge in [0.15, 0.2) is 0 Å². The monoisotopic (exact) mass is 366 g/mol. The molecular weight excluding hydrogens is 336 g/mol. The summed E-state index contributed by atoms with van der Waals surface area (Å²) in [6.45, 7) is 7.94. The maximum atomic E-state index is 11.8. The zero-order valence-electron chi connectivity index (χ0n) is 15.5. The number of carbonyl (C=O) groups is 1. The van der Waals surface area contributed by atoms with Crippen molar-refractivity contribution in [1.82, 2.24) is 0 Å². The molecule has 3 fully saturated rings. The Kier molecular flexibility index (Phi) is 4.84. The Labute approximate surface area is 154 Å². The molecule has 2 aliphatic carbocycles. The minimum absolute atomic E-state index is 0.0824. The van der Waals surface area contributed by atoms with Crippen LogP contribution in [0.5, 0.6) is 0 Å². The molecule has 7 unspecified atom stereocenters. The van der Waals surface area contributed by atoms with Gasteiger partial charge in [0.25, 0.3) is 0 Å². The van der Waals surface area contributed by atoms with Gasteiger partial charge in [-0.05, 0) is 43.1 Å². The fourth-order valence-corrected chi connectivity index (χ4v) is 5.45. The third-order valence-electron chi connectivity index (χ3n) is 7.30. The molecule has 7 atom stereocenters. The Morgan fingerprint density at radius 3 is 2.54 bits per heavy atom. The van der Waals surface area contributed by atoms with E-state index in [-0.39, 0.29) is 30.5 Å². The van der Waals surface area contributed by atoms with Gasteiger partial charge in [-0.2, -0.15) is 0 Å². The number of esters is 1. The van der Waals surface area contributed by atoms with Crippen molar-refractivity contribution in [1.29, 1.82) is 0 Å². The molecule has 6 nitrogen and oxygen atoms in total. The van der Waals surface area contributed by atoms with Crippen molar-refractivity contribution in [2.24, 2.45) is 22.7 Å². The van der Waals surface area contributed by atoms with Crippen molar-refractivity contribution in [3.05, 3.63) is 24.3 Å². The Morgan fingerprint density at radius 1 is 1.27 bits per heavy atom. The largest absolute Gasteiger partial charge is 0.460 e.